The summed E-state index contributed by atoms with van der Waals surface area (Å²) in [5.41, 5.74) is 3.13. The number of piperidine rings is 1. The highest BCUT2D eigenvalue weighted by molar-refractivity contribution is 5.93. The molecule has 0 unspecified atom stereocenters. The first-order valence-corrected chi connectivity index (χ1v) is 12.2. The summed E-state index contributed by atoms with van der Waals surface area (Å²) in [6.07, 6.45) is 5.02. The first-order valence-electron chi connectivity index (χ1n) is 12.2. The molecule has 1 atom stereocenters. The average molecular weight is 474 g/mol. The minimum absolute atomic E-state index is 0.0266. The van der Waals surface area contributed by atoms with Crippen molar-refractivity contribution < 1.29 is 14.3 Å². The number of anilines is 3. The molecule has 5 rings (SSSR count). The highest BCUT2D eigenvalue weighted by Gasteiger charge is 2.28. The molecule has 2 saturated heterocycles. The van der Waals surface area contributed by atoms with E-state index in [1.165, 1.54) is 0 Å². The van der Waals surface area contributed by atoms with Crippen LogP contribution >= 0.6 is 0 Å². The first kappa shape index (κ1) is 23.1. The minimum Gasteiger partial charge on any atom is -0.436 e. The van der Waals surface area contributed by atoms with Gasteiger partial charge in [-0.05, 0) is 56.2 Å². The Morgan fingerprint density at radius 1 is 0.971 bits per heavy atom. The second-order valence-electron chi connectivity index (χ2n) is 9.02. The number of hydrogen-bond donors (Lipinski definition) is 1. The van der Waals surface area contributed by atoms with Crippen molar-refractivity contribution in [1.29, 1.82) is 0 Å². The fourth-order valence-electron chi connectivity index (χ4n) is 4.53. The van der Waals surface area contributed by atoms with Crippen LogP contribution in [0.5, 0.6) is 11.6 Å². The Labute approximate surface area is 205 Å². The Bertz CT molecular complexity index is 1130. The number of nitrogens with zero attached hydrogens (tertiary/aromatic N) is 4. The number of aromatic nitrogens is 2. The monoisotopic (exact) mass is 473 g/mol. The van der Waals surface area contributed by atoms with Crippen molar-refractivity contribution in [2.75, 3.05) is 54.5 Å². The zero-order valence-electron chi connectivity index (χ0n) is 20.0. The molecular weight excluding hydrogens is 442 g/mol. The number of carbonyl (C=O) groups is 1. The van der Waals surface area contributed by atoms with Gasteiger partial charge >= 0.3 is 0 Å². The van der Waals surface area contributed by atoms with Crippen LogP contribution in [0.1, 0.15) is 18.4 Å². The zero-order valence-corrected chi connectivity index (χ0v) is 20.0. The van der Waals surface area contributed by atoms with Crippen LogP contribution in [-0.4, -0.2) is 55.3 Å². The summed E-state index contributed by atoms with van der Waals surface area (Å²) in [5, 5.41) is 3.10. The molecule has 0 saturated carbocycles. The molecule has 35 heavy (non-hydrogen) atoms. The van der Waals surface area contributed by atoms with E-state index >= 15 is 0 Å². The van der Waals surface area contributed by atoms with Gasteiger partial charge in [-0.1, -0.05) is 17.7 Å². The molecule has 8 nitrogen and oxygen atoms in total. The number of amides is 1. The molecule has 1 amide bonds. The van der Waals surface area contributed by atoms with E-state index in [0.717, 1.165) is 62.6 Å². The molecule has 2 aliphatic rings. The van der Waals surface area contributed by atoms with Crippen molar-refractivity contribution >= 4 is 23.1 Å². The highest BCUT2D eigenvalue weighted by atomic mass is 16.5. The lowest BCUT2D eigenvalue weighted by atomic mass is 9.97. The van der Waals surface area contributed by atoms with Crippen molar-refractivity contribution in [2.45, 2.75) is 19.8 Å². The zero-order chi connectivity index (χ0) is 24.0. The SMILES string of the molecule is Cc1ccc(Oc2nccnc2N2CCC[C@@H](C(=O)Nc3ccc(N4CCOCC4)cc3)C2)cc1. The smallest absolute Gasteiger partial charge is 0.263 e. The lowest BCUT2D eigenvalue weighted by molar-refractivity contribution is -0.120. The molecule has 2 fully saturated rings. The minimum atomic E-state index is -0.142. The van der Waals surface area contributed by atoms with Gasteiger partial charge in [-0.3, -0.25) is 4.79 Å². The Kier molecular flexibility index (Phi) is 7.09. The maximum absolute atomic E-state index is 13.1. The van der Waals surface area contributed by atoms with Crippen LogP contribution in [0.25, 0.3) is 0 Å². The summed E-state index contributed by atoms with van der Waals surface area (Å²) >= 11 is 0. The van der Waals surface area contributed by atoms with Gasteiger partial charge in [-0.2, -0.15) is 0 Å². The Hall–Kier alpha value is -3.65. The van der Waals surface area contributed by atoms with E-state index in [9.17, 15) is 4.79 Å². The topological polar surface area (TPSA) is 79.8 Å². The number of hydrogen-bond acceptors (Lipinski definition) is 7. The third-order valence-electron chi connectivity index (χ3n) is 6.48. The largest absolute Gasteiger partial charge is 0.436 e. The van der Waals surface area contributed by atoms with Crippen molar-refractivity contribution in [1.82, 2.24) is 9.97 Å². The van der Waals surface area contributed by atoms with Crippen LogP contribution in [0.2, 0.25) is 0 Å². The van der Waals surface area contributed by atoms with Crippen LogP contribution in [0.3, 0.4) is 0 Å². The number of rotatable bonds is 6. The number of nitrogens with one attached hydrogen (secondary N) is 1. The molecule has 1 N–H and O–H groups in total. The summed E-state index contributed by atoms with van der Waals surface area (Å²) in [5.74, 6) is 1.72. The van der Waals surface area contributed by atoms with E-state index in [1.807, 2.05) is 43.3 Å². The lowest BCUT2D eigenvalue weighted by Crippen LogP contribution is -2.41. The molecule has 3 aromatic rings. The van der Waals surface area contributed by atoms with E-state index in [1.54, 1.807) is 12.4 Å². The summed E-state index contributed by atoms with van der Waals surface area (Å²) in [4.78, 5) is 26.5. The van der Waals surface area contributed by atoms with Gasteiger partial charge in [0.1, 0.15) is 5.75 Å². The van der Waals surface area contributed by atoms with E-state index in [2.05, 4.69) is 37.2 Å². The predicted octanol–water partition coefficient (Wildman–Crippen LogP) is 4.27. The summed E-state index contributed by atoms with van der Waals surface area (Å²) in [6, 6.07) is 15.9. The molecule has 2 aromatic carbocycles. The van der Waals surface area contributed by atoms with E-state index in [4.69, 9.17) is 9.47 Å². The number of aryl methyl sites for hydroxylation is 1. The van der Waals surface area contributed by atoms with Crippen molar-refractivity contribution in [3.8, 4) is 11.6 Å². The average Bonchev–Trinajstić information content (AvgIpc) is 2.91. The number of ether oxygens (including phenoxy) is 2. The number of benzene rings is 2. The Balaban J connectivity index is 1.23. The number of morpholine rings is 1. The van der Waals surface area contributed by atoms with Crippen LogP contribution in [0.15, 0.2) is 60.9 Å². The number of carbonyl (C=O) groups excluding carboxylic acids is 1. The third-order valence-corrected chi connectivity index (χ3v) is 6.48. The molecule has 0 spiro atoms. The van der Waals surface area contributed by atoms with Gasteiger partial charge in [0.05, 0.1) is 19.1 Å². The molecule has 0 radical (unpaired) electrons. The van der Waals surface area contributed by atoms with Crippen molar-refractivity contribution in [3.63, 3.8) is 0 Å². The fourth-order valence-corrected chi connectivity index (χ4v) is 4.53. The van der Waals surface area contributed by atoms with E-state index in [0.29, 0.717) is 24.0 Å². The van der Waals surface area contributed by atoms with Gasteiger partial charge in [-0.25, -0.2) is 9.97 Å². The van der Waals surface area contributed by atoms with Gasteiger partial charge in [0, 0.05) is 49.9 Å². The molecule has 0 bridgehead atoms. The first-order chi connectivity index (χ1) is 17.2. The molecule has 182 valence electrons. The van der Waals surface area contributed by atoms with E-state index in [-0.39, 0.29) is 11.8 Å². The second kappa shape index (κ2) is 10.7. The summed E-state index contributed by atoms with van der Waals surface area (Å²) < 4.78 is 11.5. The maximum Gasteiger partial charge on any atom is 0.263 e. The van der Waals surface area contributed by atoms with Gasteiger partial charge in [-0.15, -0.1) is 0 Å². The third kappa shape index (κ3) is 5.71. The fraction of sp³-hybridized carbons (Fsp3) is 0.370. The molecule has 1 aromatic heterocycles. The summed E-state index contributed by atoms with van der Waals surface area (Å²) in [6.45, 7) is 6.69. The van der Waals surface area contributed by atoms with Crippen molar-refractivity contribution in [3.05, 3.63) is 66.5 Å². The van der Waals surface area contributed by atoms with Gasteiger partial charge < -0.3 is 24.6 Å². The quantitative estimate of drug-likeness (QED) is 0.573. The van der Waals surface area contributed by atoms with Crippen LogP contribution in [0.4, 0.5) is 17.2 Å². The van der Waals surface area contributed by atoms with Crippen molar-refractivity contribution in [2.24, 2.45) is 5.92 Å². The molecule has 8 heteroatoms. The predicted molar refractivity (Wildman–Crippen MR) is 136 cm³/mol. The lowest BCUT2D eigenvalue weighted by Gasteiger charge is -2.33. The van der Waals surface area contributed by atoms with E-state index < -0.39 is 0 Å². The Morgan fingerprint density at radius 3 is 2.49 bits per heavy atom. The molecule has 2 aliphatic heterocycles. The second-order valence-corrected chi connectivity index (χ2v) is 9.02. The van der Waals surface area contributed by atoms with Crippen LogP contribution in [-0.2, 0) is 9.53 Å². The van der Waals surface area contributed by atoms with Gasteiger partial charge in [0.25, 0.3) is 5.88 Å². The molecule has 0 aliphatic carbocycles. The van der Waals surface area contributed by atoms with Crippen LogP contribution in [0, 0.1) is 12.8 Å². The van der Waals surface area contributed by atoms with Gasteiger partial charge in [0.2, 0.25) is 5.91 Å². The van der Waals surface area contributed by atoms with Gasteiger partial charge in [0.15, 0.2) is 5.82 Å². The Morgan fingerprint density at radius 2 is 1.71 bits per heavy atom. The molecular formula is C27H31N5O3. The van der Waals surface area contributed by atoms with Crippen LogP contribution < -0.4 is 19.9 Å². The molecule has 3 heterocycles. The highest BCUT2D eigenvalue weighted by Crippen LogP contribution is 2.31. The normalized spacial score (nSPS) is 18.3. The summed E-state index contributed by atoms with van der Waals surface area (Å²) in [7, 11) is 0. The maximum atomic E-state index is 13.1. The standard InChI is InChI=1S/C27H31N5O3/c1-20-4-10-24(11-5-20)35-27-25(28-12-13-29-27)32-14-2-3-21(19-32)26(33)30-22-6-8-23(9-7-22)31-15-17-34-18-16-31/h4-13,21H,2-3,14-19H2,1H3,(H,30,33)/t21-/m1/s1.